The summed E-state index contributed by atoms with van der Waals surface area (Å²) < 4.78 is 5.40. The average Bonchev–Trinajstić information content (AvgIpc) is 2.90. The van der Waals surface area contributed by atoms with Crippen molar-refractivity contribution < 1.29 is 14.3 Å². The van der Waals surface area contributed by atoms with E-state index in [9.17, 15) is 9.59 Å². The Morgan fingerprint density at radius 2 is 1.75 bits per heavy atom. The zero-order chi connectivity index (χ0) is 25.9. The van der Waals surface area contributed by atoms with Crippen molar-refractivity contribution in [2.75, 3.05) is 44.6 Å². The molecule has 0 unspecified atom stereocenters. The van der Waals surface area contributed by atoms with Crippen LogP contribution < -0.4 is 21.3 Å². The minimum absolute atomic E-state index is 0.249. The van der Waals surface area contributed by atoms with E-state index in [4.69, 9.17) is 10.5 Å². The number of anilines is 2. The van der Waals surface area contributed by atoms with Crippen LogP contribution in [0.1, 0.15) is 54.4 Å². The highest BCUT2D eigenvalue weighted by atomic mass is 16.5. The normalized spacial score (nSPS) is 19.2. The number of carbonyl (C=O) groups is 2. The van der Waals surface area contributed by atoms with Crippen molar-refractivity contribution in [2.45, 2.75) is 51.0 Å². The standard InChI is InChI=1S/C20H30N2O2.C9H12N2O/c1-24-14-19-17(13-16-9-5-6-10-18(16)22-19)11-12-21-20(23)15-7-3-2-4-8-15;1-11(2)8-5-3-7(4-6-8)9(10)12/h5-6,9-10,15,17,19,22H,2-4,7-8,11-14H2,1H3,(H,21,23);3-6H,1-2H3,(H2,10,12)/t17-,19-;/m0./s1. The second-order valence-corrected chi connectivity index (χ2v) is 10.0. The van der Waals surface area contributed by atoms with Gasteiger partial charge in [0.1, 0.15) is 0 Å². The molecule has 0 aromatic heterocycles. The van der Waals surface area contributed by atoms with E-state index in [1.807, 2.05) is 31.1 Å². The fourth-order valence-electron chi connectivity index (χ4n) is 5.06. The van der Waals surface area contributed by atoms with Gasteiger partial charge in [0.15, 0.2) is 0 Å². The molecule has 2 amide bonds. The van der Waals surface area contributed by atoms with Crippen molar-refractivity contribution in [3.8, 4) is 0 Å². The highest BCUT2D eigenvalue weighted by molar-refractivity contribution is 5.93. The molecule has 0 bridgehead atoms. The first kappa shape index (κ1) is 27.5. The third-order valence-corrected chi connectivity index (χ3v) is 7.21. The molecule has 196 valence electrons. The molecule has 1 fully saturated rings. The van der Waals surface area contributed by atoms with Crippen LogP contribution in [0.3, 0.4) is 0 Å². The zero-order valence-corrected chi connectivity index (χ0v) is 22.0. The van der Waals surface area contributed by atoms with Crippen LogP contribution in [0.15, 0.2) is 48.5 Å². The molecule has 1 aliphatic heterocycles. The number of para-hydroxylation sites is 1. The predicted molar refractivity (Wildman–Crippen MR) is 146 cm³/mol. The number of amides is 2. The fraction of sp³-hybridized carbons (Fsp3) is 0.517. The maximum absolute atomic E-state index is 12.3. The van der Waals surface area contributed by atoms with E-state index in [-0.39, 0.29) is 17.7 Å². The lowest BCUT2D eigenvalue weighted by Crippen LogP contribution is -2.41. The lowest BCUT2D eigenvalue weighted by atomic mass is 9.85. The van der Waals surface area contributed by atoms with Gasteiger partial charge in [-0.2, -0.15) is 0 Å². The molecule has 2 aromatic carbocycles. The summed E-state index contributed by atoms with van der Waals surface area (Å²) in [5.74, 6) is 0.618. The smallest absolute Gasteiger partial charge is 0.248 e. The number of nitrogens with two attached hydrogens (primary N) is 1. The quantitative estimate of drug-likeness (QED) is 0.511. The SMILES string of the molecule is CN(C)c1ccc(C(N)=O)cc1.COC[C@@H]1Nc2ccccc2C[C@@H]1CCNC(=O)C1CCCCC1. The molecule has 4 N–H and O–H groups in total. The molecule has 2 aromatic rings. The zero-order valence-electron chi connectivity index (χ0n) is 22.0. The number of rotatable bonds is 8. The summed E-state index contributed by atoms with van der Waals surface area (Å²) in [6.07, 6.45) is 7.88. The van der Waals surface area contributed by atoms with Gasteiger partial charge in [-0.25, -0.2) is 0 Å². The van der Waals surface area contributed by atoms with Gasteiger partial charge in [0.2, 0.25) is 11.8 Å². The molecule has 2 atom stereocenters. The topological polar surface area (TPSA) is 96.7 Å². The molecular formula is C29H42N4O3. The third-order valence-electron chi connectivity index (χ3n) is 7.21. The summed E-state index contributed by atoms with van der Waals surface area (Å²) in [5, 5.41) is 6.79. The number of benzene rings is 2. The summed E-state index contributed by atoms with van der Waals surface area (Å²) in [6.45, 7) is 1.47. The van der Waals surface area contributed by atoms with Crippen LogP contribution in [0.2, 0.25) is 0 Å². The first-order chi connectivity index (χ1) is 17.4. The summed E-state index contributed by atoms with van der Waals surface area (Å²) in [4.78, 5) is 24.9. The van der Waals surface area contributed by atoms with Crippen LogP contribution in [-0.4, -0.2) is 52.2 Å². The van der Waals surface area contributed by atoms with Gasteiger partial charge in [0.25, 0.3) is 0 Å². The van der Waals surface area contributed by atoms with Gasteiger partial charge in [-0.15, -0.1) is 0 Å². The summed E-state index contributed by atoms with van der Waals surface area (Å²) in [6, 6.07) is 16.0. The van der Waals surface area contributed by atoms with E-state index in [1.165, 1.54) is 30.5 Å². The molecule has 0 saturated heterocycles. The number of carbonyl (C=O) groups excluding carboxylic acids is 2. The highest BCUT2D eigenvalue weighted by Crippen LogP contribution is 2.30. The van der Waals surface area contributed by atoms with Crippen molar-refractivity contribution in [1.82, 2.24) is 5.32 Å². The van der Waals surface area contributed by atoms with Crippen molar-refractivity contribution in [3.63, 3.8) is 0 Å². The second-order valence-electron chi connectivity index (χ2n) is 10.0. The number of nitrogens with one attached hydrogen (secondary N) is 2. The van der Waals surface area contributed by atoms with Crippen molar-refractivity contribution in [1.29, 1.82) is 0 Å². The second kappa shape index (κ2) is 13.9. The molecule has 7 nitrogen and oxygen atoms in total. The molecule has 2 aliphatic rings. The number of ether oxygens (including phenoxy) is 1. The Labute approximate surface area is 215 Å². The lowest BCUT2D eigenvalue weighted by Gasteiger charge is -2.34. The van der Waals surface area contributed by atoms with Gasteiger partial charge in [0, 0.05) is 50.6 Å². The van der Waals surface area contributed by atoms with E-state index >= 15 is 0 Å². The Morgan fingerprint density at radius 1 is 1.06 bits per heavy atom. The summed E-state index contributed by atoms with van der Waals surface area (Å²) in [7, 11) is 5.64. The van der Waals surface area contributed by atoms with E-state index in [0.29, 0.717) is 24.1 Å². The Balaban J connectivity index is 0.000000253. The Hall–Kier alpha value is -3.06. The number of nitrogens with zero attached hydrogens (tertiary/aromatic N) is 1. The minimum atomic E-state index is -0.389. The van der Waals surface area contributed by atoms with Gasteiger partial charge in [-0.3, -0.25) is 9.59 Å². The van der Waals surface area contributed by atoms with Crippen LogP contribution in [0.25, 0.3) is 0 Å². The van der Waals surface area contributed by atoms with Gasteiger partial charge in [0.05, 0.1) is 12.6 Å². The minimum Gasteiger partial charge on any atom is -0.383 e. The van der Waals surface area contributed by atoms with Crippen LogP contribution in [0, 0.1) is 11.8 Å². The number of methoxy groups -OCH3 is 1. The molecule has 0 radical (unpaired) electrons. The predicted octanol–water partition coefficient (Wildman–Crippen LogP) is 4.22. The number of hydrogen-bond acceptors (Lipinski definition) is 5. The molecule has 36 heavy (non-hydrogen) atoms. The molecule has 1 saturated carbocycles. The first-order valence-electron chi connectivity index (χ1n) is 13.1. The van der Waals surface area contributed by atoms with Gasteiger partial charge >= 0.3 is 0 Å². The van der Waals surface area contributed by atoms with Crippen molar-refractivity contribution >= 4 is 23.2 Å². The average molecular weight is 495 g/mol. The van der Waals surface area contributed by atoms with Gasteiger partial charge in [-0.05, 0) is 67.5 Å². The lowest BCUT2D eigenvalue weighted by molar-refractivity contribution is -0.125. The van der Waals surface area contributed by atoms with Crippen LogP contribution in [0.4, 0.5) is 11.4 Å². The highest BCUT2D eigenvalue weighted by Gasteiger charge is 2.28. The Kier molecular flexibility index (Phi) is 10.6. The largest absolute Gasteiger partial charge is 0.383 e. The molecule has 4 rings (SSSR count). The maximum Gasteiger partial charge on any atom is 0.248 e. The molecule has 7 heteroatoms. The van der Waals surface area contributed by atoms with E-state index in [2.05, 4.69) is 34.9 Å². The molecule has 1 heterocycles. The Morgan fingerprint density at radius 3 is 2.39 bits per heavy atom. The van der Waals surface area contributed by atoms with Crippen LogP contribution >= 0.6 is 0 Å². The van der Waals surface area contributed by atoms with E-state index in [1.54, 1.807) is 19.2 Å². The van der Waals surface area contributed by atoms with Crippen molar-refractivity contribution in [2.24, 2.45) is 17.6 Å². The van der Waals surface area contributed by atoms with Gasteiger partial charge < -0.3 is 26.0 Å². The van der Waals surface area contributed by atoms with Crippen LogP contribution in [-0.2, 0) is 16.0 Å². The summed E-state index contributed by atoms with van der Waals surface area (Å²) >= 11 is 0. The monoisotopic (exact) mass is 494 g/mol. The first-order valence-corrected chi connectivity index (χ1v) is 13.1. The third kappa shape index (κ3) is 7.98. The molecule has 1 aliphatic carbocycles. The van der Waals surface area contributed by atoms with Gasteiger partial charge in [-0.1, -0.05) is 37.5 Å². The number of hydrogen-bond donors (Lipinski definition) is 3. The van der Waals surface area contributed by atoms with Crippen LogP contribution in [0.5, 0.6) is 0 Å². The van der Waals surface area contributed by atoms with Crippen molar-refractivity contribution in [3.05, 3.63) is 59.7 Å². The Bertz CT molecular complexity index is 971. The maximum atomic E-state index is 12.3. The number of primary amides is 1. The van der Waals surface area contributed by atoms with E-state index < -0.39 is 0 Å². The fourth-order valence-corrected chi connectivity index (χ4v) is 5.06. The number of fused-ring (bicyclic) bond motifs is 1. The van der Waals surface area contributed by atoms with E-state index in [0.717, 1.165) is 37.9 Å². The molecule has 0 spiro atoms. The molecular weight excluding hydrogens is 452 g/mol. The summed E-state index contributed by atoms with van der Waals surface area (Å²) in [5.41, 5.74) is 9.28.